The molecule has 1 atom stereocenters. The second kappa shape index (κ2) is 5.84. The van der Waals surface area contributed by atoms with Crippen LogP contribution in [0.1, 0.15) is 82.8 Å². The van der Waals surface area contributed by atoms with Gasteiger partial charge < -0.3 is 9.84 Å². The molecule has 4 heteroatoms. The summed E-state index contributed by atoms with van der Waals surface area (Å²) < 4.78 is 5.56. The van der Waals surface area contributed by atoms with E-state index in [-0.39, 0.29) is 5.54 Å². The minimum absolute atomic E-state index is 0.0926. The molecule has 0 bridgehead atoms. The van der Waals surface area contributed by atoms with Crippen molar-refractivity contribution in [2.45, 2.75) is 76.7 Å². The van der Waals surface area contributed by atoms with Gasteiger partial charge in [0.05, 0.1) is 5.54 Å². The van der Waals surface area contributed by atoms with Crippen LogP contribution in [-0.4, -0.2) is 16.7 Å². The number of rotatable bonds is 4. The second-order valence-electron chi connectivity index (χ2n) is 6.83. The Morgan fingerprint density at radius 1 is 1.30 bits per heavy atom. The number of nitrogens with zero attached hydrogens (tertiary/aromatic N) is 2. The Labute approximate surface area is 121 Å². The van der Waals surface area contributed by atoms with Crippen molar-refractivity contribution in [3.05, 3.63) is 11.7 Å². The number of hydrogen-bond acceptors (Lipinski definition) is 4. The van der Waals surface area contributed by atoms with Crippen LogP contribution in [0.5, 0.6) is 0 Å². The molecule has 1 aliphatic carbocycles. The van der Waals surface area contributed by atoms with E-state index in [2.05, 4.69) is 24.3 Å². The molecule has 20 heavy (non-hydrogen) atoms. The maximum absolute atomic E-state index is 5.56. The average molecular weight is 277 g/mol. The number of hydrogen-bond donors (Lipinski definition) is 1. The van der Waals surface area contributed by atoms with Crippen LogP contribution < -0.4 is 5.32 Å². The largest absolute Gasteiger partial charge is 0.337 e. The Morgan fingerprint density at radius 3 is 2.75 bits per heavy atom. The molecule has 3 rings (SSSR count). The van der Waals surface area contributed by atoms with Gasteiger partial charge in [0.2, 0.25) is 5.89 Å². The van der Waals surface area contributed by atoms with E-state index in [0.29, 0.717) is 5.92 Å². The molecule has 112 valence electrons. The minimum Gasteiger partial charge on any atom is -0.337 e. The highest BCUT2D eigenvalue weighted by atomic mass is 16.5. The average Bonchev–Trinajstić information content (AvgIpc) is 3.10. The highest BCUT2D eigenvalue weighted by Gasteiger charge is 2.36. The first kappa shape index (κ1) is 14.1. The maximum Gasteiger partial charge on any atom is 0.246 e. The summed E-state index contributed by atoms with van der Waals surface area (Å²) in [6.07, 6.45) is 10.1. The molecule has 0 amide bonds. The molecule has 1 aromatic heterocycles. The summed E-state index contributed by atoms with van der Waals surface area (Å²) in [5, 5.41) is 7.77. The first-order valence-electron chi connectivity index (χ1n) is 8.30. The molecule has 1 N–H and O–H groups in total. The van der Waals surface area contributed by atoms with Crippen molar-refractivity contribution in [3.63, 3.8) is 0 Å². The Bertz CT molecular complexity index is 429. The summed E-state index contributed by atoms with van der Waals surface area (Å²) in [4.78, 5) is 4.72. The fraction of sp³-hybridized carbons (Fsp3) is 0.875. The molecule has 2 heterocycles. The molecule has 1 aromatic rings. The van der Waals surface area contributed by atoms with Crippen molar-refractivity contribution in [3.8, 4) is 0 Å². The molecule has 1 unspecified atom stereocenters. The van der Waals surface area contributed by atoms with E-state index in [0.717, 1.165) is 30.6 Å². The van der Waals surface area contributed by atoms with Gasteiger partial charge in [-0.05, 0) is 57.9 Å². The molecule has 0 aromatic carbocycles. The lowest BCUT2D eigenvalue weighted by Gasteiger charge is -2.26. The van der Waals surface area contributed by atoms with E-state index < -0.39 is 0 Å². The molecule has 1 saturated carbocycles. The molecular formula is C16H27N3O. The van der Waals surface area contributed by atoms with Crippen molar-refractivity contribution in [2.24, 2.45) is 5.92 Å². The van der Waals surface area contributed by atoms with Gasteiger partial charge in [-0.2, -0.15) is 4.98 Å². The van der Waals surface area contributed by atoms with E-state index in [1.807, 2.05) is 0 Å². The summed E-state index contributed by atoms with van der Waals surface area (Å²) in [6, 6.07) is 0. The Balaban J connectivity index is 1.63. The van der Waals surface area contributed by atoms with Gasteiger partial charge in [-0.15, -0.1) is 0 Å². The van der Waals surface area contributed by atoms with Gasteiger partial charge in [0.15, 0.2) is 5.82 Å². The van der Waals surface area contributed by atoms with Crippen molar-refractivity contribution < 1.29 is 4.52 Å². The third-order valence-electron chi connectivity index (χ3n) is 5.19. The van der Waals surface area contributed by atoms with E-state index in [9.17, 15) is 0 Å². The molecule has 2 aliphatic rings. The predicted molar refractivity (Wildman–Crippen MR) is 78.5 cm³/mol. The normalized spacial score (nSPS) is 34.5. The quantitative estimate of drug-likeness (QED) is 0.910. The molecule has 0 radical (unpaired) electrons. The zero-order valence-electron chi connectivity index (χ0n) is 12.8. The fourth-order valence-electron chi connectivity index (χ4n) is 3.82. The molecule has 0 spiro atoms. The molecule has 4 nitrogen and oxygen atoms in total. The molecule has 1 aliphatic heterocycles. The van der Waals surface area contributed by atoms with Crippen molar-refractivity contribution in [1.29, 1.82) is 0 Å². The second-order valence-corrected chi connectivity index (χ2v) is 6.83. The van der Waals surface area contributed by atoms with E-state index >= 15 is 0 Å². The van der Waals surface area contributed by atoms with Crippen LogP contribution >= 0.6 is 0 Å². The zero-order valence-corrected chi connectivity index (χ0v) is 12.8. The lowest BCUT2D eigenvalue weighted by molar-refractivity contribution is 0.268. The zero-order chi connectivity index (χ0) is 14.0. The number of nitrogens with one attached hydrogen (secondary N) is 1. The van der Waals surface area contributed by atoms with Crippen LogP contribution in [0.2, 0.25) is 0 Å². The van der Waals surface area contributed by atoms with Gasteiger partial charge in [-0.3, -0.25) is 0 Å². The van der Waals surface area contributed by atoms with Gasteiger partial charge >= 0.3 is 0 Å². The Kier molecular flexibility index (Phi) is 4.11. The van der Waals surface area contributed by atoms with Crippen LogP contribution in [0.25, 0.3) is 0 Å². The minimum atomic E-state index is -0.0926. The third-order valence-corrected chi connectivity index (χ3v) is 5.19. The van der Waals surface area contributed by atoms with Gasteiger partial charge in [0, 0.05) is 5.92 Å². The molecule has 2 fully saturated rings. The first-order chi connectivity index (χ1) is 9.71. The fourth-order valence-corrected chi connectivity index (χ4v) is 3.82. The van der Waals surface area contributed by atoms with Gasteiger partial charge in [-0.25, -0.2) is 0 Å². The predicted octanol–water partition coefficient (Wildman–Crippen LogP) is 3.74. The summed E-state index contributed by atoms with van der Waals surface area (Å²) in [5.74, 6) is 3.19. The highest BCUT2D eigenvalue weighted by molar-refractivity contribution is 5.07. The Hall–Kier alpha value is -0.900. The van der Waals surface area contributed by atoms with Crippen LogP contribution in [-0.2, 0) is 5.54 Å². The summed E-state index contributed by atoms with van der Waals surface area (Å²) >= 11 is 0. The molecule has 1 saturated heterocycles. The molecular weight excluding hydrogens is 250 g/mol. The monoisotopic (exact) mass is 277 g/mol. The smallest absolute Gasteiger partial charge is 0.246 e. The van der Waals surface area contributed by atoms with E-state index in [4.69, 9.17) is 9.51 Å². The third kappa shape index (κ3) is 2.76. The lowest BCUT2D eigenvalue weighted by Crippen LogP contribution is -2.33. The summed E-state index contributed by atoms with van der Waals surface area (Å²) in [5.41, 5.74) is -0.0926. The maximum atomic E-state index is 5.56. The SMILES string of the molecule is CCCC1CCC(c2noc(C3(C)CCCN3)n2)CC1. The number of aromatic nitrogens is 2. The summed E-state index contributed by atoms with van der Waals surface area (Å²) in [7, 11) is 0. The highest BCUT2D eigenvalue weighted by Crippen LogP contribution is 2.37. The Morgan fingerprint density at radius 2 is 2.10 bits per heavy atom. The van der Waals surface area contributed by atoms with Crippen molar-refractivity contribution in [1.82, 2.24) is 15.5 Å². The van der Waals surface area contributed by atoms with Crippen LogP contribution in [0.15, 0.2) is 4.52 Å². The van der Waals surface area contributed by atoms with Crippen LogP contribution in [0.4, 0.5) is 0 Å². The first-order valence-corrected chi connectivity index (χ1v) is 8.30. The standard InChI is InChI=1S/C16H27N3O/c1-3-5-12-6-8-13(9-7-12)14-18-15(20-19-14)16(2)10-4-11-17-16/h12-13,17H,3-11H2,1-2H3. The van der Waals surface area contributed by atoms with Gasteiger partial charge in [-0.1, -0.05) is 24.9 Å². The van der Waals surface area contributed by atoms with Crippen molar-refractivity contribution in [2.75, 3.05) is 6.54 Å². The summed E-state index contributed by atoms with van der Waals surface area (Å²) in [6.45, 7) is 5.51. The van der Waals surface area contributed by atoms with Crippen LogP contribution in [0, 0.1) is 5.92 Å². The van der Waals surface area contributed by atoms with E-state index in [1.54, 1.807) is 0 Å². The van der Waals surface area contributed by atoms with Gasteiger partial charge in [0.1, 0.15) is 0 Å². The topological polar surface area (TPSA) is 51.0 Å². The van der Waals surface area contributed by atoms with Crippen LogP contribution in [0.3, 0.4) is 0 Å². The van der Waals surface area contributed by atoms with Gasteiger partial charge in [0.25, 0.3) is 0 Å². The van der Waals surface area contributed by atoms with E-state index in [1.165, 1.54) is 44.9 Å². The lowest BCUT2D eigenvalue weighted by atomic mass is 9.80. The van der Waals surface area contributed by atoms with Crippen molar-refractivity contribution >= 4 is 0 Å².